The second kappa shape index (κ2) is 9.12. The lowest BCUT2D eigenvalue weighted by molar-refractivity contribution is -0.139. The van der Waals surface area contributed by atoms with Gasteiger partial charge in [0.15, 0.2) is 12.4 Å². The molecule has 0 radical (unpaired) electrons. The summed E-state index contributed by atoms with van der Waals surface area (Å²) in [7, 11) is 0. The number of nitrogens with one attached hydrogen (secondary N) is 4. The molecule has 1 aliphatic heterocycles. The third kappa shape index (κ3) is 5.37. The van der Waals surface area contributed by atoms with Gasteiger partial charge < -0.3 is 20.5 Å². The van der Waals surface area contributed by atoms with Gasteiger partial charge >= 0.3 is 12.0 Å². The molecule has 5 N–H and O–H groups in total. The van der Waals surface area contributed by atoms with Gasteiger partial charge in [0.25, 0.3) is 0 Å². The number of ketones is 1. The Morgan fingerprint density at radius 2 is 2.00 bits per heavy atom. The number of halogens is 2. The van der Waals surface area contributed by atoms with Gasteiger partial charge in [-0.2, -0.15) is 0 Å². The van der Waals surface area contributed by atoms with Crippen LogP contribution in [0.3, 0.4) is 0 Å². The largest absolute Gasteiger partial charge is 0.481 e. The van der Waals surface area contributed by atoms with Crippen LogP contribution >= 0.6 is 27.5 Å². The molecular formula is C18H16BrClN4O5. The normalized spacial score (nSPS) is 15.4. The first-order valence-corrected chi connectivity index (χ1v) is 9.55. The van der Waals surface area contributed by atoms with Crippen molar-refractivity contribution in [1.82, 2.24) is 16.2 Å². The smallest absolute Gasteiger partial charge is 0.341 e. The van der Waals surface area contributed by atoms with E-state index >= 15 is 0 Å². The van der Waals surface area contributed by atoms with Crippen molar-refractivity contribution in [3.05, 3.63) is 57.0 Å². The molecule has 2 aromatic rings. The number of aliphatic carboxylic acids is 1. The van der Waals surface area contributed by atoms with Crippen molar-refractivity contribution in [2.75, 3.05) is 18.5 Å². The average molecular weight is 484 g/mol. The Bertz CT molecular complexity index is 971. The predicted molar refractivity (Wildman–Crippen MR) is 109 cm³/mol. The van der Waals surface area contributed by atoms with Crippen molar-refractivity contribution in [3.63, 3.8) is 0 Å². The van der Waals surface area contributed by atoms with E-state index in [2.05, 4.69) is 37.4 Å². The zero-order chi connectivity index (χ0) is 21.0. The predicted octanol–water partition coefficient (Wildman–Crippen LogP) is 2.35. The Kier molecular flexibility index (Phi) is 6.57. The lowest BCUT2D eigenvalue weighted by Gasteiger charge is -2.14. The summed E-state index contributed by atoms with van der Waals surface area (Å²) in [5, 5.41) is 14.8. The number of hydrogen-bond acceptors (Lipinski definition) is 6. The molecule has 11 heteroatoms. The zero-order valence-corrected chi connectivity index (χ0v) is 17.1. The van der Waals surface area contributed by atoms with Crippen LogP contribution in [0, 0.1) is 0 Å². The third-order valence-corrected chi connectivity index (χ3v) is 4.73. The van der Waals surface area contributed by atoms with Gasteiger partial charge in [0.05, 0.1) is 17.1 Å². The van der Waals surface area contributed by atoms with Crippen LogP contribution < -0.4 is 26.2 Å². The molecule has 1 aliphatic rings. The minimum absolute atomic E-state index is 0.148. The van der Waals surface area contributed by atoms with E-state index in [9.17, 15) is 14.4 Å². The van der Waals surface area contributed by atoms with E-state index in [-0.39, 0.29) is 34.1 Å². The summed E-state index contributed by atoms with van der Waals surface area (Å²) in [5.41, 5.74) is 6.26. The van der Waals surface area contributed by atoms with Crippen molar-refractivity contribution in [3.8, 4) is 5.75 Å². The SMILES string of the molecule is O=C(O)COc1ccc(Br)cc1C(=O)c1ccc(NCC2NNC(=O)N2)cc1Cl. The maximum absolute atomic E-state index is 13.0. The summed E-state index contributed by atoms with van der Waals surface area (Å²) in [6, 6.07) is 9.23. The molecule has 0 bridgehead atoms. The average Bonchev–Trinajstić information content (AvgIpc) is 3.10. The molecular weight excluding hydrogens is 468 g/mol. The van der Waals surface area contributed by atoms with Crippen molar-refractivity contribution in [2.45, 2.75) is 6.17 Å². The molecule has 2 aromatic carbocycles. The van der Waals surface area contributed by atoms with Gasteiger partial charge in [-0.05, 0) is 36.4 Å². The first kappa shape index (κ1) is 20.9. The summed E-state index contributed by atoms with van der Waals surface area (Å²) >= 11 is 9.60. The fraction of sp³-hybridized carbons (Fsp3) is 0.167. The Morgan fingerprint density at radius 1 is 1.21 bits per heavy atom. The molecule has 0 spiro atoms. The Balaban J connectivity index is 1.76. The van der Waals surface area contributed by atoms with Crippen LogP contribution in [-0.2, 0) is 4.79 Å². The first-order chi connectivity index (χ1) is 13.8. The number of amides is 2. The second-order valence-electron chi connectivity index (χ2n) is 6.02. The number of carbonyl (C=O) groups excluding carboxylic acids is 2. The number of carboxylic acid groups (broad SMARTS) is 1. The van der Waals surface area contributed by atoms with Gasteiger partial charge in [0, 0.05) is 15.7 Å². The quantitative estimate of drug-likeness (QED) is 0.365. The summed E-state index contributed by atoms with van der Waals surface area (Å²) in [6.07, 6.45) is -0.293. The summed E-state index contributed by atoms with van der Waals surface area (Å²) in [4.78, 5) is 34.9. The van der Waals surface area contributed by atoms with Gasteiger partial charge in [0.2, 0.25) is 0 Å². The Hall–Kier alpha value is -2.82. The van der Waals surface area contributed by atoms with E-state index in [1.807, 2.05) is 0 Å². The number of carbonyl (C=O) groups is 3. The number of ether oxygens (including phenoxy) is 1. The van der Waals surface area contributed by atoms with Crippen molar-refractivity contribution in [2.24, 2.45) is 0 Å². The van der Waals surface area contributed by atoms with E-state index in [1.54, 1.807) is 30.3 Å². The van der Waals surface area contributed by atoms with Crippen LogP contribution in [0.5, 0.6) is 5.75 Å². The summed E-state index contributed by atoms with van der Waals surface area (Å²) in [5.74, 6) is -1.41. The number of anilines is 1. The minimum Gasteiger partial charge on any atom is -0.481 e. The van der Waals surface area contributed by atoms with Crippen LogP contribution in [0.4, 0.5) is 10.5 Å². The first-order valence-electron chi connectivity index (χ1n) is 8.38. The maximum atomic E-state index is 13.0. The topological polar surface area (TPSA) is 129 Å². The fourth-order valence-corrected chi connectivity index (χ4v) is 3.23. The fourth-order valence-electron chi connectivity index (χ4n) is 2.60. The lowest BCUT2D eigenvalue weighted by atomic mass is 10.0. The molecule has 9 nitrogen and oxygen atoms in total. The standard InChI is InChI=1S/C18H16BrClN4O5/c19-9-1-4-14(29-8-16(25)26)12(5-9)17(27)11-3-2-10(6-13(11)20)21-7-15-22-18(28)24-23-15/h1-6,15,21,23H,7-8H2,(H,25,26)(H2,22,24,28). The molecule has 2 amide bonds. The summed E-state index contributed by atoms with van der Waals surface area (Å²) in [6.45, 7) is -0.180. The molecule has 1 atom stereocenters. The number of carboxylic acids is 1. The number of hydrogen-bond donors (Lipinski definition) is 5. The van der Waals surface area contributed by atoms with Gasteiger partial charge in [-0.1, -0.05) is 27.5 Å². The molecule has 0 aromatic heterocycles. The molecule has 3 rings (SSSR count). The van der Waals surface area contributed by atoms with Crippen molar-refractivity contribution < 1.29 is 24.2 Å². The summed E-state index contributed by atoms with van der Waals surface area (Å²) < 4.78 is 5.86. The number of urea groups is 1. The highest BCUT2D eigenvalue weighted by Gasteiger charge is 2.20. The highest BCUT2D eigenvalue weighted by atomic mass is 79.9. The highest BCUT2D eigenvalue weighted by molar-refractivity contribution is 9.10. The maximum Gasteiger partial charge on any atom is 0.341 e. The van der Waals surface area contributed by atoms with E-state index < -0.39 is 18.4 Å². The molecule has 1 heterocycles. The minimum atomic E-state index is -1.15. The third-order valence-electron chi connectivity index (χ3n) is 3.93. The van der Waals surface area contributed by atoms with Crippen LogP contribution in [0.15, 0.2) is 40.9 Å². The Labute approximate surface area is 178 Å². The molecule has 152 valence electrons. The van der Waals surface area contributed by atoms with Gasteiger partial charge in [-0.3, -0.25) is 10.2 Å². The Morgan fingerprint density at radius 3 is 2.66 bits per heavy atom. The van der Waals surface area contributed by atoms with Crippen LogP contribution in [0.1, 0.15) is 15.9 Å². The molecule has 0 saturated carbocycles. The van der Waals surface area contributed by atoms with E-state index in [0.717, 1.165) is 0 Å². The molecule has 1 saturated heterocycles. The monoisotopic (exact) mass is 482 g/mol. The lowest BCUT2D eigenvalue weighted by Crippen LogP contribution is -2.39. The van der Waals surface area contributed by atoms with Crippen LogP contribution in [0.25, 0.3) is 0 Å². The van der Waals surface area contributed by atoms with Crippen molar-refractivity contribution >= 4 is 51.0 Å². The molecule has 0 aliphatic carbocycles. The second-order valence-corrected chi connectivity index (χ2v) is 7.35. The van der Waals surface area contributed by atoms with Gasteiger partial charge in [-0.25, -0.2) is 15.0 Å². The number of benzene rings is 2. The van der Waals surface area contributed by atoms with E-state index in [1.165, 1.54) is 6.07 Å². The van der Waals surface area contributed by atoms with Crippen LogP contribution in [-0.4, -0.2) is 42.2 Å². The zero-order valence-electron chi connectivity index (χ0n) is 14.8. The van der Waals surface area contributed by atoms with Gasteiger partial charge in [0.1, 0.15) is 11.9 Å². The van der Waals surface area contributed by atoms with Crippen molar-refractivity contribution in [1.29, 1.82) is 0 Å². The molecule has 1 fully saturated rings. The molecule has 1 unspecified atom stereocenters. The van der Waals surface area contributed by atoms with Crippen LogP contribution in [0.2, 0.25) is 5.02 Å². The molecule has 29 heavy (non-hydrogen) atoms. The van der Waals surface area contributed by atoms with E-state index in [4.69, 9.17) is 21.4 Å². The number of rotatable bonds is 8. The van der Waals surface area contributed by atoms with E-state index in [0.29, 0.717) is 16.7 Å². The van der Waals surface area contributed by atoms with Gasteiger partial charge in [-0.15, -0.1) is 0 Å². The number of hydrazine groups is 1. The highest BCUT2D eigenvalue weighted by Crippen LogP contribution is 2.29.